The van der Waals surface area contributed by atoms with E-state index in [1.807, 2.05) is 12.1 Å². The maximum absolute atomic E-state index is 10.6. The zero-order valence-electron chi connectivity index (χ0n) is 8.08. The van der Waals surface area contributed by atoms with Crippen LogP contribution in [0.5, 0.6) is 0 Å². The highest BCUT2D eigenvalue weighted by Gasteiger charge is 2.11. The van der Waals surface area contributed by atoms with Crippen molar-refractivity contribution in [2.24, 2.45) is 5.92 Å². The lowest BCUT2D eigenvalue weighted by Gasteiger charge is -2.05. The Bertz CT molecular complexity index is 318. The molecule has 0 unspecified atom stereocenters. The Kier molecular flexibility index (Phi) is 6.62. The molecule has 5 heteroatoms. The monoisotopic (exact) mass is 236 g/mol. The fourth-order valence-corrected chi connectivity index (χ4v) is 1.32. The Hall–Kier alpha value is -1.16. The minimum Gasteiger partial charge on any atom is -0.481 e. The lowest BCUT2D eigenvalue weighted by Crippen LogP contribution is -2.12. The van der Waals surface area contributed by atoms with Gasteiger partial charge in [0.25, 0.3) is 0 Å². The summed E-state index contributed by atoms with van der Waals surface area (Å²) in [6, 6.07) is 7.27. The molecule has 1 rings (SSSR count). The summed E-state index contributed by atoms with van der Waals surface area (Å²) in [4.78, 5) is 10.6. The van der Waals surface area contributed by atoms with Gasteiger partial charge in [0, 0.05) is 14.2 Å². The van der Waals surface area contributed by atoms with Crippen molar-refractivity contribution in [3.63, 3.8) is 0 Å². The molecule has 1 aromatic rings. The molecule has 1 aromatic carbocycles. The molecule has 2 nitrogen and oxygen atoms in total. The number of aliphatic carboxylic acids is 1. The van der Waals surface area contributed by atoms with Crippen molar-refractivity contribution in [2.45, 2.75) is 13.3 Å². The van der Waals surface area contributed by atoms with Gasteiger partial charge in [-0.25, -0.2) is 0 Å². The van der Waals surface area contributed by atoms with Crippen LogP contribution in [-0.2, 0) is 11.2 Å². The molecular formula is C10H11ClF2O2. The summed E-state index contributed by atoms with van der Waals surface area (Å²) >= 11 is 5.76. The van der Waals surface area contributed by atoms with E-state index in [1.165, 1.54) is 0 Å². The molecule has 0 radical (unpaired) electrons. The zero-order chi connectivity index (χ0) is 11.8. The molecule has 1 N–H and O–H groups in total. The van der Waals surface area contributed by atoms with Crippen molar-refractivity contribution >= 4 is 17.6 Å². The number of carbonyl (C=O) groups is 1. The van der Waals surface area contributed by atoms with Crippen LogP contribution in [0, 0.1) is 5.92 Å². The van der Waals surface area contributed by atoms with Crippen LogP contribution >= 0.6 is 11.6 Å². The first kappa shape index (κ1) is 13.8. The fraction of sp³-hybridized carbons (Fsp3) is 0.300. The number of rotatable bonds is 3. The van der Waals surface area contributed by atoms with Crippen molar-refractivity contribution in [1.82, 2.24) is 0 Å². The van der Waals surface area contributed by atoms with Crippen molar-refractivity contribution in [3.8, 4) is 0 Å². The molecule has 15 heavy (non-hydrogen) atoms. The van der Waals surface area contributed by atoms with E-state index in [9.17, 15) is 4.79 Å². The molecule has 0 saturated heterocycles. The average molecular weight is 237 g/mol. The third-order valence-corrected chi connectivity index (χ3v) is 2.09. The van der Waals surface area contributed by atoms with E-state index >= 15 is 0 Å². The molecule has 0 bridgehead atoms. The van der Waals surface area contributed by atoms with Gasteiger partial charge in [0.1, 0.15) is 0 Å². The van der Waals surface area contributed by atoms with E-state index in [0.717, 1.165) is 5.56 Å². The molecule has 1 atom stereocenters. The topological polar surface area (TPSA) is 37.3 Å². The first-order valence-electron chi connectivity index (χ1n) is 4.21. The number of halogens is 3. The summed E-state index contributed by atoms with van der Waals surface area (Å²) in [6.07, 6.45) is 0.524. The van der Waals surface area contributed by atoms with Gasteiger partial charge in [0.2, 0.25) is 0 Å². The molecule has 0 amide bonds. The minimum absolute atomic E-state index is 0.363. The first-order valence-corrected chi connectivity index (χ1v) is 4.59. The van der Waals surface area contributed by atoms with Crippen molar-refractivity contribution < 1.29 is 19.0 Å². The van der Waals surface area contributed by atoms with Gasteiger partial charge in [-0.3, -0.25) is 4.79 Å². The van der Waals surface area contributed by atoms with E-state index < -0.39 is 5.97 Å². The van der Waals surface area contributed by atoms with Crippen LogP contribution in [0.3, 0.4) is 0 Å². The third kappa shape index (κ3) is 5.32. The van der Waals surface area contributed by atoms with Gasteiger partial charge in [-0.15, -0.1) is 0 Å². The average Bonchev–Trinajstić information content (AvgIpc) is 2.20. The second-order valence-electron chi connectivity index (χ2n) is 3.07. The first-order chi connectivity index (χ1) is 7.09. The summed E-state index contributed by atoms with van der Waals surface area (Å²) in [5.41, 5.74) is 0.961. The van der Waals surface area contributed by atoms with Gasteiger partial charge in [-0.05, 0) is 24.1 Å². The van der Waals surface area contributed by atoms with Crippen LogP contribution in [-0.4, -0.2) is 11.1 Å². The van der Waals surface area contributed by atoms with Gasteiger partial charge in [-0.2, -0.15) is 0 Å². The number of hydrogen-bond acceptors (Lipinski definition) is 1. The fourth-order valence-electron chi connectivity index (χ4n) is 1.10. The predicted molar refractivity (Wildman–Crippen MR) is 54.2 cm³/mol. The van der Waals surface area contributed by atoms with E-state index in [1.54, 1.807) is 19.1 Å². The van der Waals surface area contributed by atoms with Crippen LogP contribution in [0.15, 0.2) is 24.3 Å². The smallest absolute Gasteiger partial charge is 0.306 e. The summed E-state index contributed by atoms with van der Waals surface area (Å²) in [6.45, 7) is 1.68. The normalized spacial score (nSPS) is 11.2. The third-order valence-electron chi connectivity index (χ3n) is 1.85. The summed E-state index contributed by atoms with van der Waals surface area (Å²) in [5, 5.41) is 9.33. The summed E-state index contributed by atoms with van der Waals surface area (Å²) < 4.78 is 16.0. The summed E-state index contributed by atoms with van der Waals surface area (Å²) in [5.74, 6) is -1.14. The van der Waals surface area contributed by atoms with E-state index in [2.05, 4.69) is 0 Å². The van der Waals surface area contributed by atoms with Crippen molar-refractivity contribution in [2.75, 3.05) is 0 Å². The summed E-state index contributed by atoms with van der Waals surface area (Å²) in [7, 11) is 0. The van der Waals surface area contributed by atoms with E-state index in [-0.39, 0.29) is 5.92 Å². The molecule has 0 fully saturated rings. The maximum atomic E-state index is 10.6. The van der Waals surface area contributed by atoms with Gasteiger partial charge in [0.15, 0.2) is 0 Å². The highest BCUT2D eigenvalue weighted by molar-refractivity contribution is 6.30. The molecule has 0 aliphatic rings. The Labute approximate surface area is 91.3 Å². The number of benzene rings is 1. The quantitative estimate of drug-likeness (QED) is 0.873. The Balaban J connectivity index is 0.000000921. The number of hydrogen-bond donors (Lipinski definition) is 1. The minimum atomic E-state index is -0.778. The number of carboxylic acid groups (broad SMARTS) is 1. The van der Waals surface area contributed by atoms with Crippen LogP contribution in [0.4, 0.5) is 9.15 Å². The largest absolute Gasteiger partial charge is 0.481 e. The lowest BCUT2D eigenvalue weighted by atomic mass is 10.0. The van der Waals surface area contributed by atoms with E-state index in [4.69, 9.17) is 25.9 Å². The van der Waals surface area contributed by atoms with E-state index in [0.29, 0.717) is 11.4 Å². The maximum Gasteiger partial charge on any atom is 0.306 e. The lowest BCUT2D eigenvalue weighted by molar-refractivity contribution is -0.141. The zero-order valence-corrected chi connectivity index (χ0v) is 8.84. The molecule has 0 aromatic heterocycles. The van der Waals surface area contributed by atoms with Crippen LogP contribution < -0.4 is 0 Å². The predicted octanol–water partition coefficient (Wildman–Crippen LogP) is 3.44. The van der Waals surface area contributed by atoms with Gasteiger partial charge in [0.05, 0.1) is 5.92 Å². The molecule has 0 aliphatic heterocycles. The Morgan fingerprint density at radius 3 is 2.60 bits per heavy atom. The van der Waals surface area contributed by atoms with Crippen molar-refractivity contribution in [1.29, 1.82) is 0 Å². The Morgan fingerprint density at radius 2 is 2.13 bits per heavy atom. The van der Waals surface area contributed by atoms with Crippen LogP contribution in [0.25, 0.3) is 0 Å². The molecule has 0 spiro atoms. The molecule has 84 valence electrons. The molecule has 0 aliphatic carbocycles. The van der Waals surface area contributed by atoms with Crippen LogP contribution in [0.2, 0.25) is 5.02 Å². The molecule has 0 heterocycles. The second kappa shape index (κ2) is 7.17. The molecule has 0 saturated carbocycles. The highest BCUT2D eigenvalue weighted by Crippen LogP contribution is 2.14. The van der Waals surface area contributed by atoms with Crippen molar-refractivity contribution in [3.05, 3.63) is 34.9 Å². The van der Waals surface area contributed by atoms with Gasteiger partial charge >= 0.3 is 5.97 Å². The van der Waals surface area contributed by atoms with Gasteiger partial charge in [-0.1, -0.05) is 30.7 Å². The molecular weight excluding hydrogens is 226 g/mol. The SMILES string of the molecule is C[C@H](Cc1cccc(Cl)c1)C(=O)O.FF. The highest BCUT2D eigenvalue weighted by atomic mass is 35.5. The standard InChI is InChI=1S/C10H11ClO2.F2/c1-7(10(12)13)5-8-3-2-4-9(11)6-8;1-2/h2-4,6-7H,5H2,1H3,(H,12,13);/t7-;/m1./s1. The van der Waals surface area contributed by atoms with Gasteiger partial charge < -0.3 is 5.11 Å². The second-order valence-corrected chi connectivity index (χ2v) is 3.51. The number of carboxylic acids is 1. The van der Waals surface area contributed by atoms with Crippen LogP contribution in [0.1, 0.15) is 12.5 Å². The Morgan fingerprint density at radius 1 is 1.53 bits per heavy atom.